The molecule has 2 saturated carbocycles. The molecule has 0 amide bonds. The Hall–Kier alpha value is -0.610. The van der Waals surface area contributed by atoms with E-state index in [1.54, 1.807) is 6.92 Å². The number of nitrogens with zero attached hydrogens (tertiary/aromatic N) is 1. The zero-order chi connectivity index (χ0) is 14.4. The molecule has 0 aromatic heterocycles. The summed E-state index contributed by atoms with van der Waals surface area (Å²) in [6.07, 6.45) is 1.64. The summed E-state index contributed by atoms with van der Waals surface area (Å²) in [6, 6.07) is -0.327. The average Bonchev–Trinajstić information content (AvgIpc) is 2.96. The summed E-state index contributed by atoms with van der Waals surface area (Å²) in [7, 11) is 0. The van der Waals surface area contributed by atoms with Crippen molar-refractivity contribution in [2.24, 2.45) is 28.8 Å². The van der Waals surface area contributed by atoms with Crippen LogP contribution in [0.4, 0.5) is 13.2 Å². The standard InChI is InChI=1S/C14H22F3NO/c1-4-8(2)13(3,15)14(16,17)11-6-10-5-9(11)7-12(10)18-19/h8-12H,4-7H2,1-3H3. The second-order valence-electron chi connectivity index (χ2n) is 6.51. The van der Waals surface area contributed by atoms with Gasteiger partial charge in [0.05, 0.1) is 6.04 Å². The maximum Gasteiger partial charge on any atom is 0.284 e. The fourth-order valence-corrected chi connectivity index (χ4v) is 3.89. The fraction of sp³-hybridized carbons (Fsp3) is 1.00. The van der Waals surface area contributed by atoms with Crippen LogP contribution < -0.4 is 0 Å². The molecule has 2 aliphatic carbocycles. The Morgan fingerprint density at radius 2 is 1.84 bits per heavy atom. The van der Waals surface area contributed by atoms with E-state index >= 15 is 0 Å². The molecule has 2 aliphatic rings. The van der Waals surface area contributed by atoms with Crippen molar-refractivity contribution in [3.05, 3.63) is 4.91 Å². The Kier molecular flexibility index (Phi) is 3.69. The van der Waals surface area contributed by atoms with Crippen LogP contribution in [0.3, 0.4) is 0 Å². The van der Waals surface area contributed by atoms with E-state index in [1.807, 2.05) is 0 Å². The summed E-state index contributed by atoms with van der Waals surface area (Å²) in [5.41, 5.74) is -2.49. The number of alkyl halides is 3. The molecule has 2 bridgehead atoms. The lowest BCUT2D eigenvalue weighted by atomic mass is 9.73. The number of hydrogen-bond acceptors (Lipinski definition) is 2. The van der Waals surface area contributed by atoms with E-state index in [4.69, 9.17) is 0 Å². The third kappa shape index (κ3) is 2.09. The minimum atomic E-state index is -3.32. The highest BCUT2D eigenvalue weighted by molar-refractivity contribution is 5.08. The Morgan fingerprint density at radius 3 is 2.26 bits per heavy atom. The number of hydrogen-bond donors (Lipinski definition) is 0. The van der Waals surface area contributed by atoms with Crippen molar-refractivity contribution < 1.29 is 13.2 Å². The molecular formula is C14H22F3NO. The SMILES string of the molecule is CCC(C)C(C)(F)C(F)(F)C1CC2CC1CC2N=O. The van der Waals surface area contributed by atoms with Gasteiger partial charge in [-0.05, 0) is 43.9 Å². The van der Waals surface area contributed by atoms with Crippen LogP contribution in [0, 0.1) is 28.6 Å². The van der Waals surface area contributed by atoms with Crippen molar-refractivity contribution in [2.75, 3.05) is 0 Å². The molecule has 2 nitrogen and oxygen atoms in total. The molecule has 110 valence electrons. The van der Waals surface area contributed by atoms with E-state index in [9.17, 15) is 18.1 Å². The van der Waals surface area contributed by atoms with Crippen molar-refractivity contribution in [2.45, 2.75) is 64.1 Å². The van der Waals surface area contributed by atoms with Gasteiger partial charge >= 0.3 is 0 Å². The van der Waals surface area contributed by atoms with Gasteiger partial charge in [-0.25, -0.2) is 13.2 Å². The maximum absolute atomic E-state index is 14.6. The van der Waals surface area contributed by atoms with Gasteiger partial charge in [-0.15, -0.1) is 0 Å². The van der Waals surface area contributed by atoms with Crippen LogP contribution in [0.5, 0.6) is 0 Å². The van der Waals surface area contributed by atoms with E-state index in [1.165, 1.54) is 6.92 Å². The van der Waals surface area contributed by atoms with Gasteiger partial charge in [-0.3, -0.25) is 0 Å². The molecule has 0 saturated heterocycles. The molecule has 6 atom stereocenters. The van der Waals surface area contributed by atoms with E-state index in [2.05, 4.69) is 5.18 Å². The smallest absolute Gasteiger partial charge is 0.237 e. The second-order valence-corrected chi connectivity index (χ2v) is 6.51. The average molecular weight is 277 g/mol. The van der Waals surface area contributed by atoms with Gasteiger partial charge in [0.25, 0.3) is 5.92 Å². The largest absolute Gasteiger partial charge is 0.284 e. The van der Waals surface area contributed by atoms with Crippen molar-refractivity contribution >= 4 is 0 Å². The first-order chi connectivity index (χ1) is 8.75. The van der Waals surface area contributed by atoms with Crippen molar-refractivity contribution in [3.63, 3.8) is 0 Å². The summed E-state index contributed by atoms with van der Waals surface area (Å²) in [6.45, 7) is 4.30. The third-order valence-electron chi connectivity index (χ3n) is 5.61. The Balaban J connectivity index is 2.16. The zero-order valence-corrected chi connectivity index (χ0v) is 11.7. The van der Waals surface area contributed by atoms with Gasteiger partial charge in [0.1, 0.15) is 0 Å². The van der Waals surface area contributed by atoms with Gasteiger partial charge in [0.2, 0.25) is 0 Å². The molecule has 0 aromatic carbocycles. The highest BCUT2D eigenvalue weighted by Gasteiger charge is 2.64. The highest BCUT2D eigenvalue weighted by atomic mass is 19.3. The molecule has 6 unspecified atom stereocenters. The van der Waals surface area contributed by atoms with Crippen molar-refractivity contribution in [1.29, 1.82) is 0 Å². The lowest BCUT2D eigenvalue weighted by molar-refractivity contribution is -0.198. The number of halogens is 3. The molecule has 0 N–H and O–H groups in total. The van der Waals surface area contributed by atoms with Crippen molar-refractivity contribution in [1.82, 2.24) is 0 Å². The minimum absolute atomic E-state index is 0.0638. The van der Waals surface area contributed by atoms with Gasteiger partial charge in [-0.2, -0.15) is 4.91 Å². The molecule has 5 heteroatoms. The summed E-state index contributed by atoms with van der Waals surface area (Å²) < 4.78 is 43.7. The van der Waals surface area contributed by atoms with Gasteiger partial charge in [-0.1, -0.05) is 25.4 Å². The quantitative estimate of drug-likeness (QED) is 0.676. The molecule has 0 aromatic rings. The maximum atomic E-state index is 14.6. The third-order valence-corrected chi connectivity index (χ3v) is 5.61. The van der Waals surface area contributed by atoms with Crippen LogP contribution in [0.1, 0.15) is 46.5 Å². The monoisotopic (exact) mass is 277 g/mol. The molecular weight excluding hydrogens is 255 g/mol. The normalized spacial score (nSPS) is 39.1. The molecule has 0 heterocycles. The Morgan fingerprint density at radius 1 is 1.21 bits per heavy atom. The fourth-order valence-electron chi connectivity index (χ4n) is 3.89. The van der Waals surface area contributed by atoms with Crippen LogP contribution in [0.2, 0.25) is 0 Å². The lowest BCUT2D eigenvalue weighted by Crippen LogP contribution is -2.53. The lowest BCUT2D eigenvalue weighted by Gasteiger charge is -2.41. The summed E-state index contributed by atoms with van der Waals surface area (Å²) in [4.78, 5) is 10.6. The van der Waals surface area contributed by atoms with Gasteiger partial charge in [0.15, 0.2) is 5.67 Å². The molecule has 0 spiro atoms. The van der Waals surface area contributed by atoms with Crippen LogP contribution in [0.15, 0.2) is 5.18 Å². The predicted molar refractivity (Wildman–Crippen MR) is 67.8 cm³/mol. The molecule has 19 heavy (non-hydrogen) atoms. The van der Waals surface area contributed by atoms with Gasteiger partial charge < -0.3 is 0 Å². The molecule has 2 fully saturated rings. The number of fused-ring (bicyclic) bond motifs is 2. The van der Waals surface area contributed by atoms with E-state index in [0.29, 0.717) is 19.3 Å². The molecule has 0 radical (unpaired) electrons. The minimum Gasteiger partial charge on any atom is -0.237 e. The summed E-state index contributed by atoms with van der Waals surface area (Å²) in [5.74, 6) is -5.25. The van der Waals surface area contributed by atoms with Crippen LogP contribution in [0.25, 0.3) is 0 Å². The number of nitroso groups, excluding NO2 is 1. The van der Waals surface area contributed by atoms with Crippen LogP contribution >= 0.6 is 0 Å². The highest BCUT2D eigenvalue weighted by Crippen LogP contribution is 2.58. The van der Waals surface area contributed by atoms with Gasteiger partial charge in [0, 0.05) is 5.92 Å². The number of rotatable bonds is 5. The van der Waals surface area contributed by atoms with E-state index in [-0.39, 0.29) is 24.3 Å². The predicted octanol–water partition coefficient (Wildman–Crippen LogP) is 4.58. The van der Waals surface area contributed by atoms with Crippen LogP contribution in [-0.2, 0) is 0 Å². The Bertz CT molecular complexity index is 359. The zero-order valence-electron chi connectivity index (χ0n) is 11.7. The second kappa shape index (κ2) is 4.74. The summed E-state index contributed by atoms with van der Waals surface area (Å²) in [5, 5.41) is 3.01. The first-order valence-corrected chi connectivity index (χ1v) is 7.14. The summed E-state index contributed by atoms with van der Waals surface area (Å²) >= 11 is 0. The molecule has 2 rings (SSSR count). The Labute approximate surface area is 112 Å². The first kappa shape index (κ1) is 14.8. The molecule has 0 aliphatic heterocycles. The first-order valence-electron chi connectivity index (χ1n) is 7.14. The van der Waals surface area contributed by atoms with Crippen LogP contribution in [-0.4, -0.2) is 17.6 Å². The van der Waals surface area contributed by atoms with E-state index < -0.39 is 23.4 Å². The topological polar surface area (TPSA) is 29.4 Å². The van der Waals surface area contributed by atoms with Crippen molar-refractivity contribution in [3.8, 4) is 0 Å². The van der Waals surface area contributed by atoms with E-state index in [0.717, 1.165) is 6.92 Å².